The Labute approximate surface area is 110 Å². The summed E-state index contributed by atoms with van der Waals surface area (Å²) in [6.07, 6.45) is -5.08. The Bertz CT molecular complexity index is 669. The highest BCUT2D eigenvalue weighted by Crippen LogP contribution is 2.38. The molecule has 0 spiro atoms. The molecule has 5 nitrogen and oxygen atoms in total. The highest BCUT2D eigenvalue weighted by Gasteiger charge is 2.38. The molecule has 100 valence electrons. The zero-order valence-corrected chi connectivity index (χ0v) is 9.46. The van der Waals surface area contributed by atoms with Crippen LogP contribution in [0.15, 0.2) is 17.2 Å². The number of alkyl halides is 3. The van der Waals surface area contributed by atoms with E-state index < -0.39 is 34.5 Å². The molecule has 0 aliphatic rings. The second-order valence-electron chi connectivity index (χ2n) is 3.25. The van der Waals surface area contributed by atoms with Gasteiger partial charge in [-0.05, 0) is 12.1 Å². The molecule has 0 aliphatic carbocycles. The van der Waals surface area contributed by atoms with Gasteiger partial charge in [-0.3, -0.25) is 5.43 Å². The van der Waals surface area contributed by atoms with Crippen LogP contribution in [0.1, 0.15) is 11.1 Å². The van der Waals surface area contributed by atoms with Crippen molar-refractivity contribution in [1.29, 1.82) is 15.8 Å². The molecule has 0 bridgehead atoms. The van der Waals surface area contributed by atoms with Crippen LogP contribution in [0.4, 0.5) is 23.2 Å². The van der Waals surface area contributed by atoms with E-state index in [-0.39, 0.29) is 0 Å². The van der Waals surface area contributed by atoms with E-state index in [0.717, 1.165) is 6.07 Å². The third-order valence-corrected chi connectivity index (χ3v) is 2.05. The number of hydrazone groups is 1. The molecule has 9 heteroatoms. The number of nitriles is 3. The number of anilines is 1. The Kier molecular flexibility index (Phi) is 4.24. The van der Waals surface area contributed by atoms with Crippen LogP contribution < -0.4 is 5.43 Å². The van der Waals surface area contributed by atoms with Gasteiger partial charge in [0.05, 0.1) is 11.3 Å². The van der Waals surface area contributed by atoms with Crippen LogP contribution in [0.25, 0.3) is 0 Å². The summed E-state index contributed by atoms with van der Waals surface area (Å²) >= 11 is 0. The van der Waals surface area contributed by atoms with Crippen LogP contribution >= 0.6 is 0 Å². The smallest absolute Gasteiger partial charge is 0.274 e. The number of nitrogens with one attached hydrogen (secondary N) is 1. The largest absolute Gasteiger partial charge is 0.421 e. The molecule has 20 heavy (non-hydrogen) atoms. The van der Waals surface area contributed by atoms with E-state index in [2.05, 4.69) is 5.10 Å². The monoisotopic (exact) mass is 281 g/mol. The Balaban J connectivity index is 3.49. The lowest BCUT2D eigenvalue weighted by Gasteiger charge is -2.14. The van der Waals surface area contributed by atoms with Gasteiger partial charge < -0.3 is 0 Å². The van der Waals surface area contributed by atoms with Crippen molar-refractivity contribution >= 4 is 11.4 Å². The molecule has 0 aliphatic heterocycles. The predicted molar refractivity (Wildman–Crippen MR) is 58.4 cm³/mol. The lowest BCUT2D eigenvalue weighted by molar-refractivity contribution is -0.139. The minimum atomic E-state index is -5.08. The zero-order valence-electron chi connectivity index (χ0n) is 9.46. The highest BCUT2D eigenvalue weighted by atomic mass is 19.4. The van der Waals surface area contributed by atoms with Gasteiger partial charge in [-0.1, -0.05) is 0 Å². The summed E-state index contributed by atoms with van der Waals surface area (Å²) in [5, 5.41) is 28.6. The van der Waals surface area contributed by atoms with Gasteiger partial charge in [-0.2, -0.15) is 34.1 Å². The average molecular weight is 281 g/mol. The standard InChI is InChI=1S/C11H3F4N5/c12-8-2-1-6(3-16)10(9(8)11(13,14)15)20-19-7(4-17)5-18/h1-2,20H. The van der Waals surface area contributed by atoms with Crippen LogP contribution in [0.5, 0.6) is 0 Å². The molecular weight excluding hydrogens is 278 g/mol. The number of hydrogen-bond acceptors (Lipinski definition) is 5. The summed E-state index contributed by atoms with van der Waals surface area (Å²) in [5.41, 5.74) is -2.24. The fraction of sp³-hybridized carbons (Fsp3) is 0.0909. The summed E-state index contributed by atoms with van der Waals surface area (Å²) in [4.78, 5) is 0. The van der Waals surface area contributed by atoms with Gasteiger partial charge >= 0.3 is 6.18 Å². The maximum atomic E-state index is 13.3. The second-order valence-corrected chi connectivity index (χ2v) is 3.25. The molecule has 1 aromatic carbocycles. The number of benzene rings is 1. The minimum absolute atomic E-state index is 0.492. The first-order valence-electron chi connectivity index (χ1n) is 4.78. The molecular formula is C11H3F4N5. The lowest BCUT2D eigenvalue weighted by atomic mass is 10.1. The summed E-state index contributed by atoms with van der Waals surface area (Å²) in [5.74, 6) is -1.61. The Morgan fingerprint density at radius 2 is 1.75 bits per heavy atom. The fourth-order valence-electron chi connectivity index (χ4n) is 1.25. The van der Waals surface area contributed by atoms with Crippen LogP contribution in [-0.2, 0) is 6.18 Å². The maximum Gasteiger partial charge on any atom is 0.421 e. The predicted octanol–water partition coefficient (Wildman–Crippen LogP) is 2.53. The molecule has 0 aromatic heterocycles. The van der Waals surface area contributed by atoms with E-state index in [1.807, 2.05) is 0 Å². The molecule has 0 unspecified atom stereocenters. The van der Waals surface area contributed by atoms with E-state index in [9.17, 15) is 17.6 Å². The van der Waals surface area contributed by atoms with Gasteiger partial charge in [0.15, 0.2) is 0 Å². The molecule has 0 saturated heterocycles. The van der Waals surface area contributed by atoms with Crippen molar-refractivity contribution < 1.29 is 17.6 Å². The Morgan fingerprint density at radius 1 is 1.15 bits per heavy atom. The van der Waals surface area contributed by atoms with Crippen LogP contribution in [0.2, 0.25) is 0 Å². The van der Waals surface area contributed by atoms with Gasteiger partial charge in [0.25, 0.3) is 0 Å². The first-order chi connectivity index (χ1) is 9.35. The molecule has 0 fully saturated rings. The second kappa shape index (κ2) is 5.68. The van der Waals surface area contributed by atoms with Crippen molar-refractivity contribution in [3.05, 3.63) is 29.1 Å². The number of rotatable bonds is 2. The minimum Gasteiger partial charge on any atom is -0.274 e. The van der Waals surface area contributed by atoms with Crippen LogP contribution in [0, 0.1) is 39.8 Å². The van der Waals surface area contributed by atoms with Crippen molar-refractivity contribution in [2.45, 2.75) is 6.18 Å². The maximum absolute atomic E-state index is 13.3. The van der Waals surface area contributed by atoms with E-state index in [1.54, 1.807) is 5.43 Å². The van der Waals surface area contributed by atoms with Gasteiger partial charge in [0, 0.05) is 0 Å². The summed E-state index contributed by atoms with van der Waals surface area (Å²) < 4.78 is 51.5. The summed E-state index contributed by atoms with van der Waals surface area (Å²) in [6.45, 7) is 0. The normalized spacial score (nSPS) is 9.85. The number of halogens is 4. The zero-order chi connectivity index (χ0) is 15.3. The van der Waals surface area contributed by atoms with Crippen molar-refractivity contribution in [2.24, 2.45) is 5.10 Å². The quantitative estimate of drug-likeness (QED) is 0.511. The van der Waals surface area contributed by atoms with Gasteiger partial charge in [0.2, 0.25) is 5.71 Å². The lowest BCUT2D eigenvalue weighted by Crippen LogP contribution is -2.13. The van der Waals surface area contributed by atoms with Gasteiger partial charge in [-0.25, -0.2) is 4.39 Å². The molecule has 1 N–H and O–H groups in total. The first kappa shape index (κ1) is 14.9. The molecule has 0 amide bonds. The van der Waals surface area contributed by atoms with E-state index in [0.29, 0.717) is 6.07 Å². The number of hydrogen-bond donors (Lipinski definition) is 1. The molecule has 0 heterocycles. The Morgan fingerprint density at radius 3 is 2.20 bits per heavy atom. The molecule has 1 aromatic rings. The topological polar surface area (TPSA) is 95.8 Å². The highest BCUT2D eigenvalue weighted by molar-refractivity contribution is 6.10. The van der Waals surface area contributed by atoms with E-state index in [4.69, 9.17) is 15.8 Å². The average Bonchev–Trinajstić information content (AvgIpc) is 2.38. The van der Waals surface area contributed by atoms with Gasteiger partial charge in [0.1, 0.15) is 29.6 Å². The molecule has 0 saturated carbocycles. The van der Waals surface area contributed by atoms with Crippen molar-refractivity contribution in [3.8, 4) is 18.2 Å². The Hall–Kier alpha value is -3.12. The number of nitrogens with zero attached hydrogens (tertiary/aromatic N) is 4. The van der Waals surface area contributed by atoms with E-state index in [1.165, 1.54) is 18.2 Å². The molecule has 1 rings (SSSR count). The van der Waals surface area contributed by atoms with Gasteiger partial charge in [-0.15, -0.1) is 0 Å². The van der Waals surface area contributed by atoms with Crippen molar-refractivity contribution in [3.63, 3.8) is 0 Å². The van der Waals surface area contributed by atoms with Crippen LogP contribution in [-0.4, -0.2) is 5.71 Å². The first-order valence-corrected chi connectivity index (χ1v) is 4.78. The third kappa shape index (κ3) is 3.01. The summed E-state index contributed by atoms with van der Waals surface area (Å²) in [7, 11) is 0. The van der Waals surface area contributed by atoms with Crippen molar-refractivity contribution in [2.75, 3.05) is 5.43 Å². The molecule has 0 radical (unpaired) electrons. The SMILES string of the molecule is N#CC(C#N)=NNc1c(C#N)ccc(F)c1C(F)(F)F. The van der Waals surface area contributed by atoms with E-state index >= 15 is 0 Å². The summed E-state index contributed by atoms with van der Waals surface area (Å²) in [6, 6.07) is 5.34. The van der Waals surface area contributed by atoms with Crippen LogP contribution in [0.3, 0.4) is 0 Å². The molecule has 0 atom stereocenters. The van der Waals surface area contributed by atoms with Crippen molar-refractivity contribution in [1.82, 2.24) is 0 Å². The fourth-order valence-corrected chi connectivity index (χ4v) is 1.25. The third-order valence-electron chi connectivity index (χ3n) is 2.05.